The van der Waals surface area contributed by atoms with Crippen LogP contribution in [0, 0.1) is 11.6 Å². The van der Waals surface area contributed by atoms with Crippen LogP contribution < -0.4 is 9.80 Å². The third kappa shape index (κ3) is 7.84. The number of hydrogen-bond acceptors (Lipinski definition) is 2. The first-order chi connectivity index (χ1) is 34.8. The zero-order valence-corrected chi connectivity index (χ0v) is 39.4. The molecule has 12 rings (SSSR count). The van der Waals surface area contributed by atoms with Gasteiger partial charge in [0.15, 0.2) is 0 Å². The first-order valence-electron chi connectivity index (χ1n) is 24.1. The van der Waals surface area contributed by atoms with Crippen LogP contribution in [0.5, 0.6) is 0 Å². The van der Waals surface area contributed by atoms with Crippen molar-refractivity contribution in [1.82, 2.24) is 0 Å². The molecule has 2 nitrogen and oxygen atoms in total. The lowest BCUT2D eigenvalue weighted by Crippen LogP contribution is -2.18. The monoisotopic (exact) mass is 918 g/mol. The summed E-state index contributed by atoms with van der Waals surface area (Å²) >= 11 is 0. The number of fused-ring (bicyclic) bond motifs is 5. The fourth-order valence-electron chi connectivity index (χ4n) is 10.7. The lowest BCUT2D eigenvalue weighted by Gasteiger charge is -2.32. The first kappa shape index (κ1) is 43.4. The van der Waals surface area contributed by atoms with Crippen LogP contribution in [0.3, 0.4) is 0 Å². The standard InChI is InChI=1S/C67H48F2N2/c1-67(2)61-43-55(70(53-33-29-51(68)30-34-53)63-39-27-49(45-17-7-3-8-18-45)41-59(63)47-21-11-5-12-22-47)37-38-58(61)66-57-26-16-15-25-56(57)65(44-62(66)67)71(54-35-31-52(69)32-36-54)64-40-28-50(46-19-9-4-10-20-46)42-60(64)48-23-13-6-14-24-48/h3-44H,1-2H3. The van der Waals surface area contributed by atoms with E-state index in [0.717, 1.165) is 89.4 Å². The van der Waals surface area contributed by atoms with E-state index in [2.05, 4.69) is 206 Å². The van der Waals surface area contributed by atoms with Gasteiger partial charge in [-0.15, -0.1) is 0 Å². The number of nitrogens with zero attached hydrogens (tertiary/aromatic N) is 2. The minimum atomic E-state index is -0.471. The zero-order chi connectivity index (χ0) is 48.1. The van der Waals surface area contributed by atoms with Gasteiger partial charge in [-0.25, -0.2) is 8.78 Å². The maximum Gasteiger partial charge on any atom is 0.123 e. The van der Waals surface area contributed by atoms with Gasteiger partial charge >= 0.3 is 0 Å². The average Bonchev–Trinajstić information content (AvgIpc) is 3.65. The minimum Gasteiger partial charge on any atom is -0.310 e. The Bertz CT molecular complexity index is 3720. The number of halogens is 2. The van der Waals surface area contributed by atoms with E-state index >= 15 is 0 Å². The molecule has 0 heterocycles. The molecule has 4 heteroatoms. The molecule has 0 aromatic heterocycles. The Balaban J connectivity index is 1.06. The molecule has 0 saturated heterocycles. The summed E-state index contributed by atoms with van der Waals surface area (Å²) in [5, 5.41) is 2.21. The Kier molecular flexibility index (Phi) is 10.9. The fraction of sp³-hybridized carbons (Fsp3) is 0.0448. The highest BCUT2D eigenvalue weighted by Crippen LogP contribution is 2.57. The number of anilines is 6. The van der Waals surface area contributed by atoms with E-state index in [1.807, 2.05) is 48.5 Å². The van der Waals surface area contributed by atoms with Crippen molar-refractivity contribution in [2.45, 2.75) is 19.3 Å². The van der Waals surface area contributed by atoms with E-state index in [1.165, 1.54) is 34.4 Å². The van der Waals surface area contributed by atoms with Crippen LogP contribution in [0.1, 0.15) is 25.0 Å². The predicted octanol–water partition coefficient (Wildman–Crippen LogP) is 19.0. The van der Waals surface area contributed by atoms with Crippen LogP contribution in [0.25, 0.3) is 66.4 Å². The zero-order valence-electron chi connectivity index (χ0n) is 39.4. The van der Waals surface area contributed by atoms with Gasteiger partial charge in [-0.05, 0) is 152 Å². The van der Waals surface area contributed by atoms with Gasteiger partial charge in [-0.2, -0.15) is 0 Å². The highest BCUT2D eigenvalue weighted by atomic mass is 19.1. The molecule has 0 unspecified atom stereocenters. The molecule has 11 aromatic carbocycles. The molecule has 0 spiro atoms. The summed E-state index contributed by atoms with van der Waals surface area (Å²) < 4.78 is 29.7. The molecule has 0 fully saturated rings. The van der Waals surface area contributed by atoms with E-state index in [4.69, 9.17) is 0 Å². The lowest BCUT2D eigenvalue weighted by molar-refractivity contribution is 0.627. The van der Waals surface area contributed by atoms with E-state index in [0.29, 0.717) is 0 Å². The van der Waals surface area contributed by atoms with Gasteiger partial charge in [-0.3, -0.25) is 0 Å². The van der Waals surface area contributed by atoms with Crippen molar-refractivity contribution >= 4 is 44.9 Å². The fourth-order valence-corrected chi connectivity index (χ4v) is 10.7. The van der Waals surface area contributed by atoms with Crippen LogP contribution in [-0.2, 0) is 5.41 Å². The van der Waals surface area contributed by atoms with Gasteiger partial charge in [0.2, 0.25) is 0 Å². The van der Waals surface area contributed by atoms with E-state index in [-0.39, 0.29) is 11.6 Å². The molecule has 0 aliphatic heterocycles. The van der Waals surface area contributed by atoms with Gasteiger partial charge in [-0.1, -0.05) is 178 Å². The van der Waals surface area contributed by atoms with Crippen molar-refractivity contribution in [3.8, 4) is 55.6 Å². The third-order valence-corrected chi connectivity index (χ3v) is 14.2. The van der Waals surface area contributed by atoms with Gasteiger partial charge in [0.05, 0.1) is 17.1 Å². The molecule has 0 amide bonds. The van der Waals surface area contributed by atoms with Crippen LogP contribution in [0.2, 0.25) is 0 Å². The van der Waals surface area contributed by atoms with E-state index in [1.54, 1.807) is 12.1 Å². The molecule has 0 N–H and O–H groups in total. The smallest absolute Gasteiger partial charge is 0.123 e. The summed E-state index contributed by atoms with van der Waals surface area (Å²) in [7, 11) is 0. The molecule has 0 atom stereocenters. The highest BCUT2D eigenvalue weighted by molar-refractivity contribution is 6.11. The molecular formula is C67H48F2N2. The maximum atomic E-state index is 14.9. The van der Waals surface area contributed by atoms with E-state index < -0.39 is 5.41 Å². The van der Waals surface area contributed by atoms with Gasteiger partial charge < -0.3 is 9.80 Å². The molecule has 71 heavy (non-hydrogen) atoms. The van der Waals surface area contributed by atoms with Crippen LogP contribution in [0.15, 0.2) is 255 Å². The van der Waals surface area contributed by atoms with Crippen LogP contribution in [-0.4, -0.2) is 0 Å². The number of benzene rings is 11. The maximum absolute atomic E-state index is 14.9. The molecule has 340 valence electrons. The Morgan fingerprint density at radius 1 is 0.296 bits per heavy atom. The summed E-state index contributed by atoms with van der Waals surface area (Å²) in [4.78, 5) is 4.57. The highest BCUT2D eigenvalue weighted by Gasteiger charge is 2.39. The Labute approximate surface area is 414 Å². The SMILES string of the molecule is CC1(C)c2cc(N(c3ccc(F)cc3)c3ccc(-c4ccccc4)cc3-c3ccccc3)ccc2-c2c1cc(N(c1ccc(F)cc1)c1ccc(-c3ccccc3)cc1-c1ccccc1)c1ccccc21. The molecule has 1 aliphatic carbocycles. The Morgan fingerprint density at radius 2 is 0.718 bits per heavy atom. The Morgan fingerprint density at radius 3 is 1.23 bits per heavy atom. The topological polar surface area (TPSA) is 6.48 Å². The Hall–Kier alpha value is -8.86. The molecule has 11 aromatic rings. The summed E-state index contributed by atoms with van der Waals surface area (Å²) in [5.41, 5.74) is 18.6. The predicted molar refractivity (Wildman–Crippen MR) is 293 cm³/mol. The van der Waals surface area contributed by atoms with E-state index in [9.17, 15) is 8.78 Å². The minimum absolute atomic E-state index is 0.290. The second-order valence-electron chi connectivity index (χ2n) is 18.8. The van der Waals surface area contributed by atoms with Crippen LogP contribution in [0.4, 0.5) is 42.9 Å². The number of hydrogen-bond donors (Lipinski definition) is 0. The molecule has 1 aliphatic rings. The number of rotatable bonds is 10. The average molecular weight is 919 g/mol. The summed E-state index contributed by atoms with van der Waals surface area (Å²) in [6.07, 6.45) is 0. The normalized spacial score (nSPS) is 12.3. The summed E-state index contributed by atoms with van der Waals surface area (Å²) in [5.74, 6) is -0.581. The quantitative estimate of drug-likeness (QED) is 0.135. The first-order valence-corrected chi connectivity index (χ1v) is 24.1. The van der Waals surface area contributed by atoms with Gasteiger partial charge in [0.25, 0.3) is 0 Å². The largest absolute Gasteiger partial charge is 0.310 e. The molecule has 0 radical (unpaired) electrons. The van der Waals surface area contributed by atoms with Gasteiger partial charge in [0.1, 0.15) is 11.6 Å². The lowest BCUT2D eigenvalue weighted by atomic mass is 9.81. The van der Waals surface area contributed by atoms with Crippen molar-refractivity contribution < 1.29 is 8.78 Å². The molecule has 0 bridgehead atoms. The third-order valence-electron chi connectivity index (χ3n) is 14.2. The summed E-state index contributed by atoms with van der Waals surface area (Å²) in [6, 6.07) is 86.8. The molecular weight excluding hydrogens is 871 g/mol. The van der Waals surface area contributed by atoms with Crippen molar-refractivity contribution in [2.24, 2.45) is 0 Å². The van der Waals surface area contributed by atoms with Crippen molar-refractivity contribution in [2.75, 3.05) is 9.80 Å². The van der Waals surface area contributed by atoms with Crippen molar-refractivity contribution in [3.63, 3.8) is 0 Å². The molecule has 0 saturated carbocycles. The second kappa shape index (κ2) is 17.9. The second-order valence-corrected chi connectivity index (χ2v) is 18.8. The summed E-state index contributed by atoms with van der Waals surface area (Å²) in [6.45, 7) is 4.64. The van der Waals surface area contributed by atoms with Crippen molar-refractivity contribution in [1.29, 1.82) is 0 Å². The van der Waals surface area contributed by atoms with Crippen LogP contribution >= 0.6 is 0 Å². The van der Waals surface area contributed by atoms with Gasteiger partial charge in [0, 0.05) is 39.0 Å². The van der Waals surface area contributed by atoms with Crippen molar-refractivity contribution in [3.05, 3.63) is 278 Å².